The summed E-state index contributed by atoms with van der Waals surface area (Å²) in [7, 11) is 0. The normalized spacial score (nSPS) is 30.1. The van der Waals surface area contributed by atoms with E-state index >= 15 is 0 Å². The van der Waals surface area contributed by atoms with E-state index in [2.05, 4.69) is 5.32 Å². The molecule has 0 aliphatic heterocycles. The highest BCUT2D eigenvalue weighted by Gasteiger charge is 2.49. The van der Waals surface area contributed by atoms with Gasteiger partial charge in [-0.2, -0.15) is 13.2 Å². The number of carbonyl (C=O) groups is 1. The molecule has 7 heteroatoms. The Morgan fingerprint density at radius 2 is 1.60 bits per heavy atom. The number of hydrogen-bond acceptors (Lipinski definition) is 3. The molecule has 0 aromatic heterocycles. The fourth-order valence-electron chi connectivity index (χ4n) is 4.02. The number of benzene rings is 1. The highest BCUT2D eigenvalue weighted by atomic mass is 19.4. The summed E-state index contributed by atoms with van der Waals surface area (Å²) >= 11 is 0. The summed E-state index contributed by atoms with van der Waals surface area (Å²) in [5.41, 5.74) is -1.08. The lowest BCUT2D eigenvalue weighted by atomic mass is 9.57. The number of amides is 1. The van der Waals surface area contributed by atoms with Gasteiger partial charge in [0, 0.05) is 12.1 Å². The molecule has 1 aromatic carbocycles. The molecule has 3 saturated carbocycles. The van der Waals surface area contributed by atoms with E-state index in [9.17, 15) is 28.2 Å². The van der Waals surface area contributed by atoms with Crippen molar-refractivity contribution in [2.75, 3.05) is 6.61 Å². The lowest BCUT2D eigenvalue weighted by Gasteiger charge is -2.53. The van der Waals surface area contributed by atoms with E-state index < -0.39 is 23.8 Å². The largest absolute Gasteiger partial charge is 0.416 e. The Labute approximate surface area is 144 Å². The molecule has 3 fully saturated rings. The van der Waals surface area contributed by atoms with Gasteiger partial charge in [0.05, 0.1) is 5.56 Å². The minimum Gasteiger partial charge on any atom is -0.396 e. The molecule has 3 N–H and O–H groups in total. The van der Waals surface area contributed by atoms with E-state index in [4.69, 9.17) is 0 Å². The topological polar surface area (TPSA) is 69.6 Å². The zero-order valence-electron chi connectivity index (χ0n) is 13.8. The third kappa shape index (κ3) is 3.53. The summed E-state index contributed by atoms with van der Waals surface area (Å²) in [5, 5.41) is 22.7. The van der Waals surface area contributed by atoms with Crippen molar-refractivity contribution in [2.45, 2.75) is 56.3 Å². The minimum atomic E-state index is -4.45. The van der Waals surface area contributed by atoms with E-state index in [0.29, 0.717) is 0 Å². The summed E-state index contributed by atoms with van der Waals surface area (Å²) in [4.78, 5) is 12.4. The van der Waals surface area contributed by atoms with Crippen molar-refractivity contribution < 1.29 is 28.2 Å². The van der Waals surface area contributed by atoms with Crippen molar-refractivity contribution in [1.29, 1.82) is 0 Å². The Balaban J connectivity index is 1.65. The van der Waals surface area contributed by atoms with Crippen LogP contribution in [0.25, 0.3) is 0 Å². The van der Waals surface area contributed by atoms with Gasteiger partial charge in [-0.25, -0.2) is 0 Å². The van der Waals surface area contributed by atoms with Crippen molar-refractivity contribution in [2.24, 2.45) is 5.41 Å². The number of hydrogen-bond donors (Lipinski definition) is 3. The molecule has 4 nitrogen and oxygen atoms in total. The first-order valence-electron chi connectivity index (χ1n) is 8.47. The van der Waals surface area contributed by atoms with Crippen molar-refractivity contribution in [3.8, 4) is 0 Å². The van der Waals surface area contributed by atoms with Crippen LogP contribution in [0, 0.1) is 5.41 Å². The summed E-state index contributed by atoms with van der Waals surface area (Å²) in [6.07, 6.45) is -1.20. The van der Waals surface area contributed by atoms with Crippen molar-refractivity contribution >= 4 is 5.91 Å². The van der Waals surface area contributed by atoms with Crippen molar-refractivity contribution in [1.82, 2.24) is 5.32 Å². The van der Waals surface area contributed by atoms with E-state index in [1.807, 2.05) is 0 Å². The number of halogens is 3. The lowest BCUT2D eigenvalue weighted by molar-refractivity contribution is -0.137. The van der Waals surface area contributed by atoms with Crippen molar-refractivity contribution in [3.63, 3.8) is 0 Å². The Morgan fingerprint density at radius 3 is 2.04 bits per heavy atom. The van der Waals surface area contributed by atoms with Crippen LogP contribution in [-0.2, 0) is 11.0 Å². The van der Waals surface area contributed by atoms with Gasteiger partial charge in [-0.05, 0) is 61.6 Å². The fourth-order valence-corrected chi connectivity index (χ4v) is 4.02. The van der Waals surface area contributed by atoms with Gasteiger partial charge in [0.1, 0.15) is 0 Å². The molecule has 3 aliphatic carbocycles. The van der Waals surface area contributed by atoms with Gasteiger partial charge in [0.15, 0.2) is 6.10 Å². The highest BCUT2D eigenvalue weighted by Crippen LogP contribution is 2.52. The number of rotatable bonds is 4. The number of aliphatic hydroxyl groups is 2. The van der Waals surface area contributed by atoms with Crippen LogP contribution < -0.4 is 5.32 Å². The van der Waals surface area contributed by atoms with Gasteiger partial charge < -0.3 is 15.5 Å². The summed E-state index contributed by atoms with van der Waals surface area (Å²) in [6, 6.07) is 3.98. The molecule has 1 atom stereocenters. The molecule has 4 rings (SSSR count). The maximum absolute atomic E-state index is 12.6. The van der Waals surface area contributed by atoms with E-state index in [0.717, 1.165) is 62.8 Å². The summed E-state index contributed by atoms with van der Waals surface area (Å²) in [5.74, 6) is -0.585. The molecule has 0 radical (unpaired) electrons. The lowest BCUT2D eigenvalue weighted by Crippen LogP contribution is -2.58. The van der Waals surface area contributed by atoms with Crippen LogP contribution in [0.5, 0.6) is 0 Å². The molecule has 25 heavy (non-hydrogen) atoms. The van der Waals surface area contributed by atoms with Crippen LogP contribution in [0.4, 0.5) is 13.2 Å². The molecular weight excluding hydrogens is 335 g/mol. The predicted octanol–water partition coefficient (Wildman–Crippen LogP) is 2.94. The van der Waals surface area contributed by atoms with Crippen LogP contribution in [0.3, 0.4) is 0 Å². The SMILES string of the molecule is O=C(NC12CCC(CO)(CC1)CC2)C(O)c1ccc(C(F)(F)F)cc1. The minimum absolute atomic E-state index is 0.0292. The molecule has 138 valence electrons. The number of carbonyl (C=O) groups excluding carboxylic acids is 1. The van der Waals surface area contributed by atoms with Crippen LogP contribution in [0.15, 0.2) is 24.3 Å². The second-order valence-corrected chi connectivity index (χ2v) is 7.45. The number of nitrogens with one attached hydrogen (secondary N) is 1. The van der Waals surface area contributed by atoms with Gasteiger partial charge in [-0.15, -0.1) is 0 Å². The molecule has 3 aliphatic rings. The molecule has 1 amide bonds. The average Bonchev–Trinajstić information content (AvgIpc) is 2.62. The molecule has 0 spiro atoms. The number of fused-ring (bicyclic) bond motifs is 3. The Kier molecular flexibility index (Phi) is 4.58. The Morgan fingerprint density at radius 1 is 1.08 bits per heavy atom. The first-order chi connectivity index (χ1) is 11.7. The van der Waals surface area contributed by atoms with E-state index in [1.54, 1.807) is 0 Å². The molecular formula is C18H22F3NO3. The summed E-state index contributed by atoms with van der Waals surface area (Å²) < 4.78 is 37.8. The quantitative estimate of drug-likeness (QED) is 0.776. The zero-order valence-corrected chi connectivity index (χ0v) is 13.8. The molecule has 1 unspecified atom stereocenters. The first kappa shape index (κ1) is 18.2. The standard InChI is InChI=1S/C18H22F3NO3/c19-18(20,21)13-3-1-12(2-4-13)14(24)15(25)22-17-8-5-16(11-23,6-9-17)7-10-17/h1-4,14,23-24H,5-11H2,(H,22,25). The smallest absolute Gasteiger partial charge is 0.396 e. The zero-order chi connectivity index (χ0) is 18.3. The van der Waals surface area contributed by atoms with E-state index in [1.165, 1.54) is 0 Å². The van der Waals surface area contributed by atoms with Gasteiger partial charge in [0.25, 0.3) is 5.91 Å². The third-order valence-electron chi connectivity index (χ3n) is 5.93. The number of aliphatic hydroxyl groups excluding tert-OH is 2. The van der Waals surface area contributed by atoms with Gasteiger partial charge in [-0.1, -0.05) is 12.1 Å². The highest BCUT2D eigenvalue weighted by molar-refractivity contribution is 5.82. The second-order valence-electron chi connectivity index (χ2n) is 7.45. The predicted molar refractivity (Wildman–Crippen MR) is 84.5 cm³/mol. The van der Waals surface area contributed by atoms with Gasteiger partial charge >= 0.3 is 6.18 Å². The molecule has 2 bridgehead atoms. The van der Waals surface area contributed by atoms with Crippen molar-refractivity contribution in [3.05, 3.63) is 35.4 Å². The molecule has 1 aromatic rings. The summed E-state index contributed by atoms with van der Waals surface area (Å²) in [6.45, 7) is 0.158. The van der Waals surface area contributed by atoms with Crippen LogP contribution in [-0.4, -0.2) is 28.3 Å². The van der Waals surface area contributed by atoms with Gasteiger partial charge in [0.2, 0.25) is 0 Å². The Hall–Kier alpha value is -1.60. The maximum Gasteiger partial charge on any atom is 0.416 e. The second kappa shape index (κ2) is 6.29. The number of alkyl halides is 3. The fraction of sp³-hybridized carbons (Fsp3) is 0.611. The van der Waals surface area contributed by atoms with Crippen LogP contribution in [0.2, 0.25) is 0 Å². The monoisotopic (exact) mass is 357 g/mol. The molecule has 0 heterocycles. The molecule has 0 saturated heterocycles. The first-order valence-corrected chi connectivity index (χ1v) is 8.47. The average molecular weight is 357 g/mol. The van der Waals surface area contributed by atoms with E-state index in [-0.39, 0.29) is 23.1 Å². The van der Waals surface area contributed by atoms with Crippen LogP contribution in [0.1, 0.15) is 55.8 Å². The maximum atomic E-state index is 12.6. The van der Waals surface area contributed by atoms with Crippen LogP contribution >= 0.6 is 0 Å². The Bertz CT molecular complexity index is 617. The van der Waals surface area contributed by atoms with Gasteiger partial charge in [-0.3, -0.25) is 4.79 Å². The third-order valence-corrected chi connectivity index (χ3v) is 5.93.